The third-order valence-corrected chi connectivity index (χ3v) is 8.64. The summed E-state index contributed by atoms with van der Waals surface area (Å²) >= 11 is 0. The van der Waals surface area contributed by atoms with Gasteiger partial charge in [0, 0.05) is 12.6 Å². The van der Waals surface area contributed by atoms with Crippen LogP contribution in [-0.4, -0.2) is 63.7 Å². The van der Waals surface area contributed by atoms with Crippen molar-refractivity contribution in [3.05, 3.63) is 35.9 Å². The van der Waals surface area contributed by atoms with Gasteiger partial charge < -0.3 is 25.4 Å². The van der Waals surface area contributed by atoms with E-state index in [9.17, 15) is 19.5 Å². The van der Waals surface area contributed by atoms with Gasteiger partial charge >= 0.3 is 0 Å². The van der Waals surface area contributed by atoms with Crippen LogP contribution >= 0.6 is 0 Å². The third-order valence-electron chi connectivity index (χ3n) is 8.64. The van der Waals surface area contributed by atoms with E-state index in [1.165, 1.54) is 0 Å². The van der Waals surface area contributed by atoms with Crippen LogP contribution in [0.1, 0.15) is 71.8 Å². The Kier molecular flexibility index (Phi) is 7.76. The molecule has 3 aliphatic heterocycles. The second-order valence-corrected chi connectivity index (χ2v) is 10.7. The summed E-state index contributed by atoms with van der Waals surface area (Å²) in [5.41, 5.74) is -0.870. The molecule has 3 saturated heterocycles. The molecule has 0 aromatic heterocycles. The average molecular weight is 500 g/mol. The minimum absolute atomic E-state index is 0.0483. The second kappa shape index (κ2) is 10.5. The molecule has 3 amide bonds. The maximum absolute atomic E-state index is 14.1. The van der Waals surface area contributed by atoms with Crippen molar-refractivity contribution in [1.29, 1.82) is 0 Å². The molecule has 8 nitrogen and oxygen atoms in total. The summed E-state index contributed by atoms with van der Waals surface area (Å²) < 4.78 is 6.76. The van der Waals surface area contributed by atoms with Gasteiger partial charge in [-0.25, -0.2) is 0 Å². The fourth-order valence-corrected chi connectivity index (χ4v) is 6.88. The Morgan fingerprint density at radius 1 is 1.17 bits per heavy atom. The molecule has 3 N–H and O–H groups in total. The highest BCUT2D eigenvalue weighted by Crippen LogP contribution is 2.64. The molecule has 3 unspecified atom stereocenters. The van der Waals surface area contributed by atoms with E-state index >= 15 is 0 Å². The maximum atomic E-state index is 14.1. The van der Waals surface area contributed by atoms with E-state index in [-0.39, 0.29) is 30.4 Å². The smallest absolute Gasteiger partial charge is 0.246 e. The van der Waals surface area contributed by atoms with Gasteiger partial charge in [0.1, 0.15) is 11.6 Å². The summed E-state index contributed by atoms with van der Waals surface area (Å²) in [7, 11) is 0. The van der Waals surface area contributed by atoms with Crippen LogP contribution in [0.2, 0.25) is 0 Å². The first-order valence-corrected chi connectivity index (χ1v) is 13.5. The molecule has 36 heavy (non-hydrogen) atoms. The number of benzene rings is 1. The van der Waals surface area contributed by atoms with Gasteiger partial charge in [-0.2, -0.15) is 0 Å². The van der Waals surface area contributed by atoms with Gasteiger partial charge in [0.2, 0.25) is 17.7 Å². The number of aliphatic hydroxyl groups is 1. The van der Waals surface area contributed by atoms with Crippen LogP contribution < -0.4 is 10.6 Å². The summed E-state index contributed by atoms with van der Waals surface area (Å²) in [5, 5.41) is 16.3. The average Bonchev–Trinajstić information content (AvgIpc) is 3.48. The number of carbonyl (C=O) groups excluding carboxylic acids is 3. The third kappa shape index (κ3) is 4.22. The molecule has 0 radical (unpaired) electrons. The van der Waals surface area contributed by atoms with Gasteiger partial charge in [-0.15, -0.1) is 0 Å². The fraction of sp³-hybridized carbons (Fsp3) is 0.679. The number of carbonyl (C=O) groups is 3. The number of amides is 3. The van der Waals surface area contributed by atoms with Gasteiger partial charge in [0.15, 0.2) is 0 Å². The van der Waals surface area contributed by atoms with Gasteiger partial charge in [-0.05, 0) is 44.6 Å². The van der Waals surface area contributed by atoms with Gasteiger partial charge in [0.05, 0.1) is 30.1 Å². The Morgan fingerprint density at radius 2 is 1.89 bits per heavy atom. The lowest BCUT2D eigenvalue weighted by atomic mass is 9.65. The number of fused-ring (bicyclic) bond motifs is 1. The van der Waals surface area contributed by atoms with Crippen LogP contribution in [0.4, 0.5) is 0 Å². The number of aliphatic hydroxyl groups excluding tert-OH is 1. The van der Waals surface area contributed by atoms with E-state index in [0.717, 1.165) is 18.4 Å². The van der Waals surface area contributed by atoms with Crippen molar-refractivity contribution in [2.75, 3.05) is 6.61 Å². The van der Waals surface area contributed by atoms with Crippen molar-refractivity contribution < 1.29 is 24.2 Å². The summed E-state index contributed by atoms with van der Waals surface area (Å²) in [6.45, 7) is 8.02. The van der Waals surface area contributed by atoms with Crippen LogP contribution in [-0.2, 0) is 25.7 Å². The molecule has 8 heteroatoms. The summed E-state index contributed by atoms with van der Waals surface area (Å²) in [6.07, 6.45) is 4.00. The summed E-state index contributed by atoms with van der Waals surface area (Å²) in [5.74, 6) is -2.15. The second-order valence-electron chi connectivity index (χ2n) is 10.7. The number of ether oxygens (including phenoxy) is 1. The number of hydrogen-bond acceptors (Lipinski definition) is 5. The van der Waals surface area contributed by atoms with E-state index < -0.39 is 35.1 Å². The van der Waals surface area contributed by atoms with Crippen molar-refractivity contribution in [2.45, 2.75) is 102 Å². The molecule has 1 aromatic rings. The zero-order valence-electron chi connectivity index (χ0n) is 22.0. The molecule has 3 heterocycles. The normalized spacial score (nSPS) is 32.3. The highest BCUT2D eigenvalue weighted by Gasteiger charge is 2.79. The molecule has 3 fully saturated rings. The lowest BCUT2D eigenvalue weighted by molar-refractivity contribution is -0.151. The molecule has 7 atom stereocenters. The molecule has 0 aliphatic carbocycles. The molecule has 198 valence electrons. The lowest BCUT2D eigenvalue weighted by Gasteiger charge is -2.37. The largest absolute Gasteiger partial charge is 0.394 e. The number of hydrogen-bond donors (Lipinski definition) is 3. The summed E-state index contributed by atoms with van der Waals surface area (Å²) in [4.78, 5) is 43.1. The standard InChI is InChI=1S/C28H41N3O5/c1-5-11-18(4)30-25(34)23-28-15-14-27(7-3,36-28)21(22(28)26(35)31(23)20(6-2)17-32)24(33)29-16-19-12-9-8-10-13-19/h8-10,12-13,18,20-23,32H,5-7,11,14-17H2,1-4H3,(H,29,33)(H,30,34)/t18?,20-,21+,22-,23?,27-,28?/m0/s1. The predicted molar refractivity (Wildman–Crippen MR) is 136 cm³/mol. The van der Waals surface area contributed by atoms with Crippen molar-refractivity contribution in [2.24, 2.45) is 11.8 Å². The topological polar surface area (TPSA) is 108 Å². The van der Waals surface area contributed by atoms with Gasteiger partial charge in [0.25, 0.3) is 0 Å². The Bertz CT molecular complexity index is 967. The SMILES string of the molecule is CCCC(C)NC(=O)C1N([C@@H](CC)CO)C(=O)[C@@H]2[C@H](C(=O)NCc3ccccc3)[C@]3(CC)CCC12O3. The zero-order valence-corrected chi connectivity index (χ0v) is 22.0. The van der Waals surface area contributed by atoms with Gasteiger partial charge in [-0.1, -0.05) is 57.5 Å². The maximum Gasteiger partial charge on any atom is 0.246 e. The van der Waals surface area contributed by atoms with E-state index in [4.69, 9.17) is 4.74 Å². The van der Waals surface area contributed by atoms with Crippen LogP contribution in [0.25, 0.3) is 0 Å². The predicted octanol–water partition coefficient (Wildman–Crippen LogP) is 2.53. The van der Waals surface area contributed by atoms with E-state index in [1.54, 1.807) is 4.90 Å². The molecular weight excluding hydrogens is 458 g/mol. The lowest BCUT2D eigenvalue weighted by Crippen LogP contribution is -2.59. The summed E-state index contributed by atoms with van der Waals surface area (Å²) in [6, 6.07) is 8.23. The number of nitrogens with one attached hydrogen (secondary N) is 2. The monoisotopic (exact) mass is 499 g/mol. The zero-order chi connectivity index (χ0) is 26.1. The number of rotatable bonds is 11. The first kappa shape index (κ1) is 26.6. The first-order valence-electron chi connectivity index (χ1n) is 13.5. The van der Waals surface area contributed by atoms with Crippen molar-refractivity contribution in [3.8, 4) is 0 Å². The molecular formula is C28H41N3O5. The molecule has 3 aliphatic rings. The highest BCUT2D eigenvalue weighted by atomic mass is 16.5. The highest BCUT2D eigenvalue weighted by molar-refractivity contribution is 5.99. The minimum Gasteiger partial charge on any atom is -0.394 e. The van der Waals surface area contributed by atoms with Crippen LogP contribution in [0, 0.1) is 11.8 Å². The van der Waals surface area contributed by atoms with E-state index in [0.29, 0.717) is 32.2 Å². The van der Waals surface area contributed by atoms with Crippen LogP contribution in [0.15, 0.2) is 30.3 Å². The fourth-order valence-electron chi connectivity index (χ4n) is 6.88. The molecule has 1 spiro atoms. The Labute approximate surface area is 214 Å². The van der Waals surface area contributed by atoms with E-state index in [1.807, 2.05) is 51.1 Å². The van der Waals surface area contributed by atoms with Crippen molar-refractivity contribution in [3.63, 3.8) is 0 Å². The Morgan fingerprint density at radius 3 is 2.50 bits per heavy atom. The number of likely N-dealkylation sites (tertiary alicyclic amines) is 1. The molecule has 1 aromatic carbocycles. The van der Waals surface area contributed by atoms with Crippen molar-refractivity contribution in [1.82, 2.24) is 15.5 Å². The van der Waals surface area contributed by atoms with E-state index in [2.05, 4.69) is 17.6 Å². The molecule has 2 bridgehead atoms. The quantitative estimate of drug-likeness (QED) is 0.434. The van der Waals surface area contributed by atoms with Gasteiger partial charge in [-0.3, -0.25) is 14.4 Å². The molecule has 0 saturated carbocycles. The van der Waals surface area contributed by atoms with Crippen LogP contribution in [0.3, 0.4) is 0 Å². The molecule has 4 rings (SSSR count). The Balaban J connectivity index is 1.69. The van der Waals surface area contributed by atoms with Crippen molar-refractivity contribution >= 4 is 17.7 Å². The minimum atomic E-state index is -1.07. The number of nitrogens with zero attached hydrogens (tertiary/aromatic N) is 1. The first-order chi connectivity index (χ1) is 17.3. The van der Waals surface area contributed by atoms with Crippen LogP contribution in [0.5, 0.6) is 0 Å². The Hall–Kier alpha value is -2.45.